The second-order valence-corrected chi connectivity index (χ2v) is 8.65. The summed E-state index contributed by atoms with van der Waals surface area (Å²) in [7, 11) is 1.51. The SMILES string of the molecule is COc1ccc2c3c(occ1-2)C(=O)O[C@]31Cc2ccc(O)c(c2)Oc2cc(ccc2O)CCOC1=O. The van der Waals surface area contributed by atoms with E-state index in [0.717, 1.165) is 5.56 Å². The van der Waals surface area contributed by atoms with E-state index in [1.807, 2.05) is 0 Å². The number of fused-ring (bicyclic) bond motifs is 8. The number of carbonyl (C=O) groups is 2. The van der Waals surface area contributed by atoms with Gasteiger partial charge in [-0.15, -0.1) is 0 Å². The van der Waals surface area contributed by atoms with Gasteiger partial charge in [-0.25, -0.2) is 9.59 Å². The molecule has 4 bridgehead atoms. The Kier molecular flexibility index (Phi) is 4.82. The van der Waals surface area contributed by atoms with Crippen molar-refractivity contribution in [2.45, 2.75) is 18.4 Å². The lowest BCUT2D eigenvalue weighted by Crippen LogP contribution is -2.40. The average Bonchev–Trinajstić information content (AvgIpc) is 3.41. The Labute approximate surface area is 204 Å². The highest BCUT2D eigenvalue weighted by atomic mass is 16.6. The molecule has 3 aliphatic heterocycles. The largest absolute Gasteiger partial charge is 0.504 e. The number of carbonyl (C=O) groups excluding carboxylic acids is 2. The minimum absolute atomic E-state index is 0.0159. The van der Waals surface area contributed by atoms with Gasteiger partial charge in [-0.05, 0) is 47.5 Å². The van der Waals surface area contributed by atoms with Crippen molar-refractivity contribution >= 4 is 11.9 Å². The summed E-state index contributed by atoms with van der Waals surface area (Å²) in [6.45, 7) is -0.0159. The fourth-order valence-electron chi connectivity index (χ4n) is 4.77. The van der Waals surface area contributed by atoms with Crippen LogP contribution in [-0.4, -0.2) is 35.9 Å². The standard InChI is InChI=1S/C27H20O9/c1-32-20-7-4-16-17(20)13-34-24-23(16)27(36-25(24)30)12-15-3-6-19(29)22(11-15)35-21-10-14(2-5-18(21)28)8-9-33-26(27)31/h2-7,10-11,13,28-29H,8-9,12H2,1H3/t27-/m1/s1. The molecule has 2 aromatic rings. The van der Waals surface area contributed by atoms with Gasteiger partial charge in [0.2, 0.25) is 11.4 Å². The Morgan fingerprint density at radius 3 is 2.39 bits per heavy atom. The summed E-state index contributed by atoms with van der Waals surface area (Å²) in [4.78, 5) is 26.6. The van der Waals surface area contributed by atoms with Crippen LogP contribution in [0.4, 0.5) is 0 Å². The molecule has 0 saturated carbocycles. The van der Waals surface area contributed by atoms with Gasteiger partial charge in [0.25, 0.3) is 0 Å². The Hall–Kier alpha value is -4.66. The first kappa shape index (κ1) is 21.8. The van der Waals surface area contributed by atoms with E-state index in [-0.39, 0.29) is 47.3 Å². The van der Waals surface area contributed by atoms with Crippen LogP contribution < -0.4 is 9.47 Å². The molecule has 0 radical (unpaired) electrons. The first-order chi connectivity index (χ1) is 17.4. The molecule has 2 aromatic carbocycles. The number of hydrogen-bond acceptors (Lipinski definition) is 9. The number of phenols is 2. The quantitative estimate of drug-likeness (QED) is 0.377. The summed E-state index contributed by atoms with van der Waals surface area (Å²) < 4.78 is 28.3. The monoisotopic (exact) mass is 488 g/mol. The van der Waals surface area contributed by atoms with Gasteiger partial charge >= 0.3 is 11.9 Å². The molecule has 182 valence electrons. The highest BCUT2D eigenvalue weighted by Gasteiger charge is 2.56. The van der Waals surface area contributed by atoms with E-state index in [4.69, 9.17) is 23.4 Å². The maximum Gasteiger partial charge on any atom is 0.376 e. The van der Waals surface area contributed by atoms with Crippen LogP contribution in [0.25, 0.3) is 11.1 Å². The van der Waals surface area contributed by atoms with Gasteiger partial charge in [-0.1, -0.05) is 12.1 Å². The fraction of sp³-hybridized carbons (Fsp3) is 0.185. The van der Waals surface area contributed by atoms with Crippen molar-refractivity contribution in [3.05, 3.63) is 77.2 Å². The number of esters is 2. The van der Waals surface area contributed by atoms with Crippen LogP contribution in [0.15, 0.2) is 59.2 Å². The van der Waals surface area contributed by atoms with Crippen LogP contribution in [0.1, 0.15) is 27.2 Å². The molecular weight excluding hydrogens is 468 g/mol. The van der Waals surface area contributed by atoms with Crippen LogP contribution in [0.5, 0.6) is 28.7 Å². The van der Waals surface area contributed by atoms with Crippen LogP contribution >= 0.6 is 0 Å². The van der Waals surface area contributed by atoms with Crippen LogP contribution in [0.3, 0.4) is 0 Å². The van der Waals surface area contributed by atoms with Gasteiger partial charge < -0.3 is 33.6 Å². The number of aromatic hydroxyl groups is 2. The second-order valence-electron chi connectivity index (χ2n) is 8.65. The van der Waals surface area contributed by atoms with Crippen LogP contribution in [0, 0.1) is 0 Å². The van der Waals surface area contributed by atoms with Crippen molar-refractivity contribution in [3.63, 3.8) is 0 Å². The van der Waals surface area contributed by atoms with Gasteiger partial charge in [-0.3, -0.25) is 0 Å². The van der Waals surface area contributed by atoms with E-state index >= 15 is 0 Å². The van der Waals surface area contributed by atoms with E-state index in [0.29, 0.717) is 28.9 Å². The average molecular weight is 488 g/mol. The van der Waals surface area contributed by atoms with E-state index in [1.54, 1.807) is 30.3 Å². The molecule has 9 heteroatoms. The lowest BCUT2D eigenvalue weighted by Gasteiger charge is -2.28. The summed E-state index contributed by atoms with van der Waals surface area (Å²) >= 11 is 0. The number of rotatable bonds is 1. The van der Waals surface area contributed by atoms with Gasteiger partial charge in [0.15, 0.2) is 23.0 Å². The highest BCUT2D eigenvalue weighted by Crippen LogP contribution is 2.50. The zero-order chi connectivity index (χ0) is 25.0. The maximum atomic E-state index is 13.7. The van der Waals surface area contributed by atoms with Crippen molar-refractivity contribution in [2.75, 3.05) is 13.7 Å². The predicted octanol–water partition coefficient (Wildman–Crippen LogP) is 4.30. The molecule has 1 spiro atoms. The zero-order valence-electron chi connectivity index (χ0n) is 19.1. The number of phenolic OH excluding ortho intramolecular Hbond substituents is 2. The molecule has 0 saturated heterocycles. The molecule has 36 heavy (non-hydrogen) atoms. The zero-order valence-corrected chi connectivity index (χ0v) is 19.1. The molecular formula is C27H20O9. The summed E-state index contributed by atoms with van der Waals surface area (Å²) in [6.07, 6.45) is 1.58. The third-order valence-corrected chi connectivity index (χ3v) is 6.50. The van der Waals surface area contributed by atoms with Gasteiger partial charge in [0.05, 0.1) is 24.8 Å². The number of benzene rings is 2. The van der Waals surface area contributed by atoms with E-state index < -0.39 is 17.5 Å². The topological polar surface area (TPSA) is 125 Å². The number of ether oxygens (including phenoxy) is 4. The molecule has 2 N–H and O–H groups in total. The first-order valence-corrected chi connectivity index (χ1v) is 11.2. The maximum absolute atomic E-state index is 13.7. The first-order valence-electron chi connectivity index (χ1n) is 11.2. The number of hydrogen-bond donors (Lipinski definition) is 2. The summed E-state index contributed by atoms with van der Waals surface area (Å²) in [5.74, 6) is -1.21. The molecule has 0 fully saturated rings. The lowest BCUT2D eigenvalue weighted by atomic mass is 9.84. The molecule has 9 nitrogen and oxygen atoms in total. The van der Waals surface area contributed by atoms with E-state index in [2.05, 4.69) is 0 Å². The molecule has 6 rings (SSSR count). The molecule has 0 aromatic heterocycles. The molecule has 0 unspecified atom stereocenters. The number of cyclic esters (lactones) is 1. The third kappa shape index (κ3) is 3.24. The Bertz CT molecular complexity index is 1500. The highest BCUT2D eigenvalue weighted by molar-refractivity contribution is 6.02. The Morgan fingerprint density at radius 1 is 0.917 bits per heavy atom. The minimum atomic E-state index is -1.85. The number of methoxy groups -OCH3 is 1. The summed E-state index contributed by atoms with van der Waals surface area (Å²) in [6, 6.07) is 12.7. The van der Waals surface area contributed by atoms with Gasteiger partial charge in [0.1, 0.15) is 12.0 Å². The normalized spacial score (nSPS) is 18.9. The summed E-state index contributed by atoms with van der Waals surface area (Å²) in [5, 5.41) is 20.7. The third-order valence-electron chi connectivity index (χ3n) is 6.50. The minimum Gasteiger partial charge on any atom is -0.504 e. The lowest BCUT2D eigenvalue weighted by molar-refractivity contribution is -0.165. The summed E-state index contributed by atoms with van der Waals surface area (Å²) in [5.41, 5.74) is 0.768. The molecule has 3 heterocycles. The van der Waals surface area contributed by atoms with Crippen molar-refractivity contribution in [1.29, 1.82) is 0 Å². The predicted molar refractivity (Wildman–Crippen MR) is 124 cm³/mol. The smallest absolute Gasteiger partial charge is 0.376 e. The van der Waals surface area contributed by atoms with Gasteiger partial charge in [-0.2, -0.15) is 0 Å². The Balaban J connectivity index is 1.54. The van der Waals surface area contributed by atoms with Crippen molar-refractivity contribution in [3.8, 4) is 39.9 Å². The van der Waals surface area contributed by atoms with E-state index in [1.165, 1.54) is 31.6 Å². The van der Waals surface area contributed by atoms with Crippen molar-refractivity contribution < 1.29 is 43.2 Å². The van der Waals surface area contributed by atoms with Crippen molar-refractivity contribution in [1.82, 2.24) is 0 Å². The van der Waals surface area contributed by atoms with Crippen LogP contribution in [-0.2, 0) is 32.7 Å². The molecule has 4 aliphatic rings. The van der Waals surface area contributed by atoms with Crippen LogP contribution in [0.2, 0.25) is 0 Å². The Morgan fingerprint density at radius 2 is 1.64 bits per heavy atom. The second kappa shape index (κ2) is 7.94. The molecule has 1 aliphatic carbocycles. The van der Waals surface area contributed by atoms with Gasteiger partial charge in [0, 0.05) is 18.4 Å². The fourth-order valence-corrected chi connectivity index (χ4v) is 4.77. The molecule has 0 amide bonds. The van der Waals surface area contributed by atoms with Crippen molar-refractivity contribution in [2.24, 2.45) is 0 Å². The van der Waals surface area contributed by atoms with E-state index in [9.17, 15) is 19.8 Å². The molecule has 1 atom stereocenters.